The molecule has 3 aliphatic rings. The van der Waals surface area contributed by atoms with Crippen molar-refractivity contribution in [1.82, 2.24) is 26.0 Å². The average Bonchev–Trinajstić information content (AvgIpc) is 3.46. The maximum Gasteiger partial charge on any atom is 0.291 e. The zero-order valence-electron chi connectivity index (χ0n) is 22.7. The Morgan fingerprint density at radius 3 is 2.31 bits per heavy atom. The van der Waals surface area contributed by atoms with Crippen LogP contribution in [0.25, 0.3) is 0 Å². The van der Waals surface area contributed by atoms with Gasteiger partial charge in [-0.2, -0.15) is 0 Å². The summed E-state index contributed by atoms with van der Waals surface area (Å²) in [6.45, 7) is 8.56. The Morgan fingerprint density at radius 1 is 1.15 bits per heavy atom. The summed E-state index contributed by atoms with van der Waals surface area (Å²) in [6.07, 6.45) is 2.59. The topological polar surface area (TPSA) is 128 Å². The minimum Gasteiger partial charge on any atom is -0.351 e. The highest BCUT2D eigenvalue weighted by molar-refractivity contribution is 6.30. The molecule has 220 valence electrons. The lowest BCUT2D eigenvalue weighted by molar-refractivity contribution is -0.150. The van der Waals surface area contributed by atoms with Crippen LogP contribution in [-0.4, -0.2) is 81.4 Å². The second-order valence-corrected chi connectivity index (χ2v) is 13.2. The molecule has 1 unspecified atom stereocenters. The Kier molecular flexibility index (Phi) is 9.41. The van der Waals surface area contributed by atoms with Crippen LogP contribution >= 0.6 is 23.2 Å². The van der Waals surface area contributed by atoms with Crippen molar-refractivity contribution in [2.75, 3.05) is 13.1 Å². The summed E-state index contributed by atoms with van der Waals surface area (Å²) in [5.41, 5.74) is -3.80. The Bertz CT molecular complexity index is 1010. The first-order chi connectivity index (χ1) is 17.9. The van der Waals surface area contributed by atoms with Crippen molar-refractivity contribution in [3.8, 4) is 0 Å². The Labute approximate surface area is 236 Å². The molecule has 39 heavy (non-hydrogen) atoms. The number of fused-ring (bicyclic) bond motifs is 1. The second-order valence-electron chi connectivity index (χ2n) is 12.4. The fraction of sp³-hybridized carbons (Fsp3) is 0.800. The molecule has 0 radical (unpaired) electrons. The molecule has 2 saturated heterocycles. The minimum atomic E-state index is -2.46. The molecule has 10 nitrogen and oxygen atoms in total. The first-order valence-corrected chi connectivity index (χ1v) is 13.9. The molecule has 3 N–H and O–H groups in total. The normalized spacial score (nSPS) is 28.2. The first-order valence-electron chi connectivity index (χ1n) is 13.0. The van der Waals surface area contributed by atoms with Crippen LogP contribution in [0.1, 0.15) is 60.3 Å². The molecule has 0 bridgehead atoms. The lowest BCUT2D eigenvalue weighted by Gasteiger charge is -2.37. The molecule has 3 rings (SSSR count). The van der Waals surface area contributed by atoms with E-state index in [2.05, 4.69) is 16.1 Å². The van der Waals surface area contributed by atoms with Crippen molar-refractivity contribution in [3.05, 3.63) is 0 Å². The third kappa shape index (κ3) is 7.11. The molecule has 0 aromatic carbocycles. The minimum absolute atomic E-state index is 0.00418. The van der Waals surface area contributed by atoms with Crippen molar-refractivity contribution in [1.29, 1.82) is 0 Å². The van der Waals surface area contributed by atoms with E-state index in [1.54, 1.807) is 34.6 Å². The van der Waals surface area contributed by atoms with Gasteiger partial charge in [0.05, 0.1) is 12.5 Å². The molecular formula is C25H37Cl2F2N5O5. The zero-order chi connectivity index (χ0) is 29.4. The molecule has 7 atom stereocenters. The third-order valence-corrected chi connectivity index (χ3v) is 8.11. The number of likely N-dealkylation sites (tertiary alicyclic amines) is 1. The molecule has 2 heterocycles. The Morgan fingerprint density at radius 2 is 1.79 bits per heavy atom. The zero-order valence-corrected chi connectivity index (χ0v) is 24.2. The second kappa shape index (κ2) is 11.7. The number of hydrazine groups is 1. The summed E-state index contributed by atoms with van der Waals surface area (Å²) in [5.74, 6) is -5.05. The number of hydrogen-bond acceptors (Lipinski definition) is 5. The molecule has 5 amide bonds. The fourth-order valence-corrected chi connectivity index (χ4v) is 6.14. The number of nitrogens with zero attached hydrogens (tertiary/aromatic N) is 2. The van der Waals surface area contributed by atoms with Crippen LogP contribution in [0.15, 0.2) is 0 Å². The fourth-order valence-electron chi connectivity index (χ4n) is 5.96. The van der Waals surface area contributed by atoms with Gasteiger partial charge in [0.25, 0.3) is 29.0 Å². The summed E-state index contributed by atoms with van der Waals surface area (Å²) >= 11 is 10.7. The highest BCUT2D eigenvalue weighted by Gasteiger charge is 2.52. The van der Waals surface area contributed by atoms with Crippen LogP contribution in [0, 0.1) is 23.2 Å². The van der Waals surface area contributed by atoms with E-state index in [1.807, 2.05) is 0 Å². The predicted molar refractivity (Wildman–Crippen MR) is 139 cm³/mol. The number of hydrogen-bond donors (Lipinski definition) is 3. The SMILES string of the molecule is CC1(C)C[C@@H](CN(NC(=O)[C@@H]2[C@H]3CCC[C@H]3CN2C(=O)C(NC(=O)[C@H](F)Cl)C(C)(C)C)C(=O)[C@H](F)Cl)C(=O)N1. The number of nitrogens with one attached hydrogen (secondary N) is 3. The van der Waals surface area contributed by atoms with E-state index in [-0.39, 0.29) is 30.8 Å². The molecule has 0 aromatic heterocycles. The number of carbonyl (C=O) groups is 5. The molecule has 0 spiro atoms. The van der Waals surface area contributed by atoms with Crippen LogP contribution < -0.4 is 16.1 Å². The van der Waals surface area contributed by atoms with Gasteiger partial charge < -0.3 is 15.5 Å². The van der Waals surface area contributed by atoms with Crippen LogP contribution in [0.5, 0.6) is 0 Å². The predicted octanol–water partition coefficient (Wildman–Crippen LogP) is 1.99. The molecule has 14 heteroatoms. The maximum atomic E-state index is 13.9. The quantitative estimate of drug-likeness (QED) is 0.306. The molecule has 1 aliphatic carbocycles. The van der Waals surface area contributed by atoms with Crippen molar-refractivity contribution in [2.45, 2.75) is 89.2 Å². The van der Waals surface area contributed by atoms with Gasteiger partial charge in [0.1, 0.15) is 12.1 Å². The smallest absolute Gasteiger partial charge is 0.291 e. The standard InChI is InChI=1S/C25H37Cl2F2N5O5/c1-24(2,3)16(30-21(37)17(26)28)22(38)33-10-12-7-6-8-14(12)15(33)20(36)32-34(23(39)18(27)29)11-13-9-25(4,5)31-19(13)35/h12-18H,6-11H2,1-5H3,(H,30,37)(H,31,35)(H,32,36)/t12-,13-,14-,15-,16?,17-,18-/m0/s1. The van der Waals surface area contributed by atoms with Crippen LogP contribution in [-0.2, 0) is 24.0 Å². The van der Waals surface area contributed by atoms with E-state index >= 15 is 0 Å². The highest BCUT2D eigenvalue weighted by Crippen LogP contribution is 2.43. The maximum absolute atomic E-state index is 13.9. The molecular weight excluding hydrogens is 559 g/mol. The van der Waals surface area contributed by atoms with Gasteiger partial charge >= 0.3 is 0 Å². The van der Waals surface area contributed by atoms with Crippen molar-refractivity contribution in [3.63, 3.8) is 0 Å². The number of carbonyl (C=O) groups excluding carboxylic acids is 5. The van der Waals surface area contributed by atoms with Crippen molar-refractivity contribution >= 4 is 52.7 Å². The summed E-state index contributed by atoms with van der Waals surface area (Å²) in [4.78, 5) is 65.9. The van der Waals surface area contributed by atoms with Gasteiger partial charge in [0.2, 0.25) is 11.8 Å². The van der Waals surface area contributed by atoms with Crippen molar-refractivity contribution in [2.24, 2.45) is 23.2 Å². The summed E-state index contributed by atoms with van der Waals surface area (Å²) in [7, 11) is 0. The van der Waals surface area contributed by atoms with Crippen LogP contribution in [0.3, 0.4) is 0 Å². The van der Waals surface area contributed by atoms with E-state index in [0.717, 1.165) is 12.8 Å². The Hall–Kier alpha value is -2.21. The molecule has 2 aliphatic heterocycles. The van der Waals surface area contributed by atoms with Gasteiger partial charge in [-0.15, -0.1) is 0 Å². The third-order valence-electron chi connectivity index (χ3n) is 7.73. The molecule has 3 fully saturated rings. The monoisotopic (exact) mass is 595 g/mol. The van der Waals surface area contributed by atoms with E-state index in [1.165, 1.54) is 4.90 Å². The number of amides is 5. The number of alkyl halides is 4. The lowest BCUT2D eigenvalue weighted by atomic mass is 9.85. The Balaban J connectivity index is 1.87. The summed E-state index contributed by atoms with van der Waals surface area (Å²) < 4.78 is 27.4. The van der Waals surface area contributed by atoms with Gasteiger partial charge in [-0.1, -0.05) is 50.4 Å². The van der Waals surface area contributed by atoms with E-state index < -0.39 is 63.8 Å². The van der Waals surface area contributed by atoms with Gasteiger partial charge in [-0.3, -0.25) is 29.4 Å². The summed E-state index contributed by atoms with van der Waals surface area (Å²) in [5, 5.41) is 5.84. The molecule has 1 saturated carbocycles. The average molecular weight is 597 g/mol. The number of halogens is 4. The van der Waals surface area contributed by atoms with Crippen LogP contribution in [0.4, 0.5) is 8.78 Å². The van der Waals surface area contributed by atoms with E-state index in [0.29, 0.717) is 17.9 Å². The highest BCUT2D eigenvalue weighted by atomic mass is 35.5. The van der Waals surface area contributed by atoms with Crippen LogP contribution in [0.2, 0.25) is 0 Å². The van der Waals surface area contributed by atoms with Crippen molar-refractivity contribution < 1.29 is 32.8 Å². The molecule has 0 aromatic rings. The first kappa shape index (κ1) is 31.3. The van der Waals surface area contributed by atoms with Gasteiger partial charge in [-0.25, -0.2) is 13.8 Å². The van der Waals surface area contributed by atoms with Gasteiger partial charge in [0, 0.05) is 12.1 Å². The van der Waals surface area contributed by atoms with Gasteiger partial charge in [-0.05, 0) is 50.4 Å². The summed E-state index contributed by atoms with van der Waals surface area (Å²) in [6, 6.07) is -2.24. The largest absolute Gasteiger partial charge is 0.351 e. The van der Waals surface area contributed by atoms with E-state index in [4.69, 9.17) is 23.2 Å². The lowest BCUT2D eigenvalue weighted by Crippen LogP contribution is -2.61. The van der Waals surface area contributed by atoms with Gasteiger partial charge in [0.15, 0.2) is 0 Å². The van der Waals surface area contributed by atoms with E-state index in [9.17, 15) is 32.8 Å². The number of rotatable bonds is 7.